The fraction of sp³-hybridized carbons (Fsp3) is 0.556. The van der Waals surface area contributed by atoms with Crippen molar-refractivity contribution in [1.82, 2.24) is 9.62 Å². The van der Waals surface area contributed by atoms with Crippen molar-refractivity contribution < 1.29 is 13.2 Å². The summed E-state index contributed by atoms with van der Waals surface area (Å²) in [6.07, 6.45) is 4.37. The number of nitrogens with zero attached hydrogens (tertiary/aromatic N) is 1. The van der Waals surface area contributed by atoms with Crippen LogP contribution in [0.1, 0.15) is 46.0 Å². The minimum atomic E-state index is -3.46. The van der Waals surface area contributed by atoms with E-state index in [0.29, 0.717) is 25.2 Å². The molecule has 1 aromatic rings. The van der Waals surface area contributed by atoms with Gasteiger partial charge in [-0.3, -0.25) is 4.79 Å². The highest BCUT2D eigenvalue weighted by Gasteiger charge is 2.24. The topological polar surface area (TPSA) is 78.5 Å². The van der Waals surface area contributed by atoms with Gasteiger partial charge in [-0.15, -0.1) is 0 Å². The van der Waals surface area contributed by atoms with Gasteiger partial charge in [-0.05, 0) is 55.2 Å². The Morgan fingerprint density at radius 1 is 1.12 bits per heavy atom. The second-order valence-electron chi connectivity index (χ2n) is 6.94. The zero-order valence-corrected chi connectivity index (χ0v) is 17.0. The summed E-state index contributed by atoms with van der Waals surface area (Å²) >= 11 is 5.12. The van der Waals surface area contributed by atoms with E-state index in [1.54, 1.807) is 28.6 Å². The van der Waals surface area contributed by atoms with Crippen LogP contribution in [0.2, 0.25) is 0 Å². The van der Waals surface area contributed by atoms with Crippen molar-refractivity contribution in [2.75, 3.05) is 18.4 Å². The molecule has 0 radical (unpaired) electrons. The van der Waals surface area contributed by atoms with Crippen LogP contribution in [0, 0.1) is 5.92 Å². The van der Waals surface area contributed by atoms with Gasteiger partial charge >= 0.3 is 0 Å². The molecule has 0 spiro atoms. The fourth-order valence-electron chi connectivity index (χ4n) is 2.85. The van der Waals surface area contributed by atoms with Crippen LogP contribution in [0.15, 0.2) is 29.2 Å². The minimum Gasteiger partial charge on any atom is -0.332 e. The van der Waals surface area contributed by atoms with Crippen LogP contribution in [-0.4, -0.2) is 36.8 Å². The number of benzene rings is 1. The van der Waals surface area contributed by atoms with Gasteiger partial charge in [0.15, 0.2) is 5.11 Å². The number of anilines is 1. The average Bonchev–Trinajstić information content (AvgIpc) is 2.84. The van der Waals surface area contributed by atoms with Gasteiger partial charge in [-0.25, -0.2) is 8.42 Å². The van der Waals surface area contributed by atoms with Gasteiger partial charge < -0.3 is 10.6 Å². The van der Waals surface area contributed by atoms with Crippen LogP contribution in [0.25, 0.3) is 0 Å². The van der Waals surface area contributed by atoms with E-state index >= 15 is 0 Å². The zero-order chi connectivity index (χ0) is 19.2. The van der Waals surface area contributed by atoms with Gasteiger partial charge in [-0.1, -0.05) is 26.7 Å². The third kappa shape index (κ3) is 6.03. The fourth-order valence-corrected chi connectivity index (χ4v) is 4.60. The number of carbonyl (C=O) groups excluding carboxylic acids is 1. The quantitative estimate of drug-likeness (QED) is 0.747. The Bertz CT molecular complexity index is 723. The molecule has 6 nitrogen and oxygen atoms in total. The summed E-state index contributed by atoms with van der Waals surface area (Å²) in [5.74, 6) is 0.110. The molecule has 8 heteroatoms. The van der Waals surface area contributed by atoms with Crippen molar-refractivity contribution in [2.45, 2.75) is 50.8 Å². The van der Waals surface area contributed by atoms with E-state index in [0.717, 1.165) is 25.7 Å². The molecule has 0 saturated carbocycles. The number of amides is 1. The van der Waals surface area contributed by atoms with E-state index in [-0.39, 0.29) is 21.8 Å². The van der Waals surface area contributed by atoms with Gasteiger partial charge in [-0.2, -0.15) is 4.31 Å². The predicted molar refractivity (Wildman–Crippen MR) is 107 cm³/mol. The lowest BCUT2D eigenvalue weighted by molar-refractivity contribution is -0.120. The zero-order valence-electron chi connectivity index (χ0n) is 15.3. The SMILES string of the molecule is CC(C)CC(=O)NC(=S)Nc1ccc(S(=O)(=O)N2CCCCCC2)cc1. The molecular formula is C18H27N3O3S2. The molecule has 1 aromatic carbocycles. The van der Waals surface area contributed by atoms with Crippen molar-refractivity contribution in [3.63, 3.8) is 0 Å². The molecule has 0 unspecified atom stereocenters. The molecule has 1 aliphatic heterocycles. The van der Waals surface area contributed by atoms with Crippen molar-refractivity contribution in [1.29, 1.82) is 0 Å². The summed E-state index contributed by atoms with van der Waals surface area (Å²) in [6, 6.07) is 6.46. The Labute approximate surface area is 161 Å². The molecule has 0 aliphatic carbocycles. The van der Waals surface area contributed by atoms with E-state index in [2.05, 4.69) is 10.6 Å². The summed E-state index contributed by atoms with van der Waals surface area (Å²) in [6.45, 7) is 5.07. The molecule has 0 aromatic heterocycles. The maximum Gasteiger partial charge on any atom is 0.243 e. The molecular weight excluding hydrogens is 370 g/mol. The molecule has 0 bridgehead atoms. The Balaban J connectivity index is 1.99. The van der Waals surface area contributed by atoms with Crippen LogP contribution in [0.5, 0.6) is 0 Å². The molecule has 1 heterocycles. The maximum absolute atomic E-state index is 12.7. The van der Waals surface area contributed by atoms with Crippen LogP contribution in [-0.2, 0) is 14.8 Å². The van der Waals surface area contributed by atoms with Crippen molar-refractivity contribution >= 4 is 38.9 Å². The van der Waals surface area contributed by atoms with Gasteiger partial charge in [0.05, 0.1) is 4.90 Å². The Kier molecular flexibility index (Phi) is 7.55. The third-order valence-electron chi connectivity index (χ3n) is 4.16. The largest absolute Gasteiger partial charge is 0.332 e. The van der Waals surface area contributed by atoms with E-state index in [1.807, 2.05) is 13.8 Å². The molecule has 2 rings (SSSR count). The highest BCUT2D eigenvalue weighted by atomic mass is 32.2. The maximum atomic E-state index is 12.7. The number of rotatable bonds is 5. The van der Waals surface area contributed by atoms with Gasteiger partial charge in [0.25, 0.3) is 0 Å². The Morgan fingerprint density at radius 3 is 2.23 bits per heavy atom. The first-order chi connectivity index (χ1) is 12.3. The first-order valence-corrected chi connectivity index (χ1v) is 10.8. The van der Waals surface area contributed by atoms with Crippen LogP contribution < -0.4 is 10.6 Å². The Hall–Kier alpha value is -1.51. The predicted octanol–water partition coefficient (Wildman–Crippen LogP) is 3.11. The summed E-state index contributed by atoms with van der Waals surface area (Å²) < 4.78 is 27.1. The van der Waals surface area contributed by atoms with E-state index in [9.17, 15) is 13.2 Å². The summed E-state index contributed by atoms with van der Waals surface area (Å²) in [4.78, 5) is 12.0. The average molecular weight is 398 g/mol. The monoisotopic (exact) mass is 397 g/mol. The highest BCUT2D eigenvalue weighted by molar-refractivity contribution is 7.89. The van der Waals surface area contributed by atoms with Crippen molar-refractivity contribution in [3.05, 3.63) is 24.3 Å². The molecule has 144 valence electrons. The van der Waals surface area contributed by atoms with Gasteiger partial charge in [0, 0.05) is 25.2 Å². The molecule has 2 N–H and O–H groups in total. The molecule has 0 atom stereocenters. The van der Waals surface area contributed by atoms with E-state index < -0.39 is 10.0 Å². The Morgan fingerprint density at radius 2 is 1.69 bits per heavy atom. The highest BCUT2D eigenvalue weighted by Crippen LogP contribution is 2.21. The second kappa shape index (κ2) is 9.43. The number of hydrogen-bond acceptors (Lipinski definition) is 4. The standard InChI is InChI=1S/C18H27N3O3S2/c1-14(2)13-17(22)20-18(25)19-15-7-9-16(10-8-15)26(23,24)21-11-5-3-4-6-12-21/h7-10,14H,3-6,11-13H2,1-2H3,(H2,19,20,22,25). The van der Waals surface area contributed by atoms with Crippen molar-refractivity contribution in [3.8, 4) is 0 Å². The summed E-state index contributed by atoms with van der Waals surface area (Å²) in [5.41, 5.74) is 0.634. The lowest BCUT2D eigenvalue weighted by Gasteiger charge is -2.20. The van der Waals surface area contributed by atoms with Gasteiger partial charge in [0.1, 0.15) is 0 Å². The summed E-state index contributed by atoms with van der Waals surface area (Å²) in [7, 11) is -3.46. The lowest BCUT2D eigenvalue weighted by Crippen LogP contribution is -2.34. The summed E-state index contributed by atoms with van der Waals surface area (Å²) in [5, 5.41) is 5.73. The minimum absolute atomic E-state index is 0.141. The van der Waals surface area contributed by atoms with Crippen LogP contribution in [0.3, 0.4) is 0 Å². The van der Waals surface area contributed by atoms with Crippen LogP contribution >= 0.6 is 12.2 Å². The molecule has 1 saturated heterocycles. The number of carbonyl (C=O) groups is 1. The number of hydrogen-bond donors (Lipinski definition) is 2. The van der Waals surface area contributed by atoms with Gasteiger partial charge in [0.2, 0.25) is 15.9 Å². The molecule has 1 fully saturated rings. The molecule has 26 heavy (non-hydrogen) atoms. The first-order valence-electron chi connectivity index (χ1n) is 9.00. The third-order valence-corrected chi connectivity index (χ3v) is 6.28. The van der Waals surface area contributed by atoms with E-state index in [1.165, 1.54) is 0 Å². The van der Waals surface area contributed by atoms with Crippen LogP contribution in [0.4, 0.5) is 5.69 Å². The molecule has 1 aliphatic rings. The normalized spacial score (nSPS) is 16.1. The first kappa shape index (κ1) is 20.8. The lowest BCUT2D eigenvalue weighted by atomic mass is 10.1. The van der Waals surface area contributed by atoms with Crippen molar-refractivity contribution in [2.24, 2.45) is 5.92 Å². The smallest absolute Gasteiger partial charge is 0.243 e. The van der Waals surface area contributed by atoms with E-state index in [4.69, 9.17) is 12.2 Å². The number of thiocarbonyl (C=S) groups is 1. The second-order valence-corrected chi connectivity index (χ2v) is 9.29. The number of sulfonamides is 1. The molecule has 1 amide bonds. The number of nitrogens with one attached hydrogen (secondary N) is 2.